The first kappa shape index (κ1) is 19.6. The van der Waals surface area contributed by atoms with Crippen molar-refractivity contribution in [1.82, 2.24) is 9.88 Å². The zero-order valence-corrected chi connectivity index (χ0v) is 16.0. The summed E-state index contributed by atoms with van der Waals surface area (Å²) in [5.74, 6) is -0.444. The maximum Gasteiger partial charge on any atom is 0.274 e. The van der Waals surface area contributed by atoms with Crippen molar-refractivity contribution in [2.45, 2.75) is 40.5 Å². The fourth-order valence-corrected chi connectivity index (χ4v) is 2.75. The highest BCUT2D eigenvalue weighted by molar-refractivity contribution is 6.04. The molecule has 5 heteroatoms. The van der Waals surface area contributed by atoms with Gasteiger partial charge >= 0.3 is 0 Å². The summed E-state index contributed by atoms with van der Waals surface area (Å²) in [5.41, 5.74) is 3.35. The molecule has 0 radical (unpaired) electrons. The first-order chi connectivity index (χ1) is 12.5. The number of amides is 2. The lowest BCUT2D eigenvalue weighted by atomic mass is 10.1. The molecule has 26 heavy (non-hydrogen) atoms. The number of benzene rings is 1. The predicted octanol–water partition coefficient (Wildman–Crippen LogP) is 4.21. The summed E-state index contributed by atoms with van der Waals surface area (Å²) in [6.45, 7) is 9.37. The minimum absolute atomic E-state index is 0.130. The number of carbonyl (C=O) groups is 2. The third kappa shape index (κ3) is 4.91. The molecular formula is C21H27N3O2. The molecule has 0 aliphatic rings. The van der Waals surface area contributed by atoms with Gasteiger partial charge in [0.05, 0.1) is 0 Å². The van der Waals surface area contributed by atoms with Gasteiger partial charge < -0.3 is 10.2 Å². The monoisotopic (exact) mass is 353 g/mol. The molecule has 0 fully saturated rings. The van der Waals surface area contributed by atoms with Gasteiger partial charge in [0.2, 0.25) is 0 Å². The minimum Gasteiger partial charge on any atom is -0.337 e. The van der Waals surface area contributed by atoms with Crippen LogP contribution in [0.5, 0.6) is 0 Å². The fraction of sp³-hybridized carbons (Fsp3) is 0.381. The summed E-state index contributed by atoms with van der Waals surface area (Å²) >= 11 is 0. The Morgan fingerprint density at radius 3 is 2.31 bits per heavy atom. The Bertz CT molecular complexity index is 781. The molecule has 0 spiro atoms. The van der Waals surface area contributed by atoms with Crippen LogP contribution in [0.25, 0.3) is 0 Å². The van der Waals surface area contributed by atoms with E-state index in [4.69, 9.17) is 0 Å². The minimum atomic E-state index is -0.314. The second-order valence-corrected chi connectivity index (χ2v) is 6.47. The predicted molar refractivity (Wildman–Crippen MR) is 105 cm³/mol. The van der Waals surface area contributed by atoms with Crippen LogP contribution in [0, 0.1) is 13.8 Å². The smallest absolute Gasteiger partial charge is 0.274 e. The molecule has 0 aliphatic carbocycles. The Hall–Kier alpha value is -2.69. The lowest BCUT2D eigenvalue weighted by Crippen LogP contribution is -2.33. The maximum absolute atomic E-state index is 12.7. The lowest BCUT2D eigenvalue weighted by molar-refractivity contribution is 0.0749. The van der Waals surface area contributed by atoms with Gasteiger partial charge in [0.1, 0.15) is 11.4 Å². The normalized spacial score (nSPS) is 10.5. The zero-order chi connectivity index (χ0) is 19.1. The quantitative estimate of drug-likeness (QED) is 0.811. The van der Waals surface area contributed by atoms with Gasteiger partial charge in [-0.3, -0.25) is 9.59 Å². The molecule has 5 nitrogen and oxygen atoms in total. The number of aromatic nitrogens is 1. The number of pyridine rings is 1. The summed E-state index contributed by atoms with van der Waals surface area (Å²) in [6, 6.07) is 10.9. The number of anilines is 1. The molecular weight excluding hydrogens is 326 g/mol. The van der Waals surface area contributed by atoms with Gasteiger partial charge in [0.25, 0.3) is 11.8 Å². The molecule has 2 amide bonds. The topological polar surface area (TPSA) is 62.3 Å². The van der Waals surface area contributed by atoms with Crippen LogP contribution in [0.2, 0.25) is 0 Å². The van der Waals surface area contributed by atoms with Crippen molar-refractivity contribution >= 4 is 17.5 Å². The summed E-state index contributed by atoms with van der Waals surface area (Å²) in [5, 5.41) is 2.89. The highest BCUT2D eigenvalue weighted by atomic mass is 16.2. The van der Waals surface area contributed by atoms with E-state index in [0.717, 1.165) is 29.7 Å². The van der Waals surface area contributed by atoms with Crippen molar-refractivity contribution in [2.24, 2.45) is 0 Å². The maximum atomic E-state index is 12.7. The number of hydrogen-bond acceptors (Lipinski definition) is 3. The Morgan fingerprint density at radius 1 is 1.00 bits per heavy atom. The van der Waals surface area contributed by atoms with Crippen LogP contribution in [-0.2, 0) is 0 Å². The van der Waals surface area contributed by atoms with Crippen molar-refractivity contribution in [1.29, 1.82) is 0 Å². The van der Waals surface area contributed by atoms with E-state index < -0.39 is 0 Å². The first-order valence-corrected chi connectivity index (χ1v) is 9.11. The van der Waals surface area contributed by atoms with Crippen molar-refractivity contribution in [3.8, 4) is 0 Å². The van der Waals surface area contributed by atoms with E-state index in [9.17, 15) is 9.59 Å². The molecule has 0 bridgehead atoms. The van der Waals surface area contributed by atoms with Crippen molar-refractivity contribution in [3.05, 3.63) is 58.9 Å². The Labute approximate surface area is 155 Å². The molecule has 1 aromatic heterocycles. The largest absolute Gasteiger partial charge is 0.337 e. The number of nitrogens with zero attached hydrogens (tertiary/aromatic N) is 2. The number of aryl methyl sites for hydroxylation is 2. The molecule has 0 aliphatic heterocycles. The molecule has 2 aromatic rings. The number of hydrogen-bond donors (Lipinski definition) is 1. The van der Waals surface area contributed by atoms with Gasteiger partial charge in [0, 0.05) is 18.8 Å². The van der Waals surface area contributed by atoms with E-state index in [2.05, 4.69) is 10.3 Å². The number of nitrogens with one attached hydrogen (secondary N) is 1. The summed E-state index contributed by atoms with van der Waals surface area (Å²) in [4.78, 5) is 31.4. The summed E-state index contributed by atoms with van der Waals surface area (Å²) in [7, 11) is 0. The SMILES string of the molecule is CCCN(CCC)C(=O)c1cccc(C(=O)Nc2cc(C)ccc2C)n1. The second kappa shape index (κ2) is 9.13. The average molecular weight is 353 g/mol. The standard InChI is InChI=1S/C21H27N3O2/c1-5-12-24(13-6-2)21(26)18-9-7-8-17(22-18)20(25)23-19-14-15(3)10-11-16(19)4/h7-11,14H,5-6,12-13H2,1-4H3,(H,23,25). The van der Waals surface area contributed by atoms with Crippen LogP contribution in [0.15, 0.2) is 36.4 Å². The molecule has 0 atom stereocenters. The van der Waals surface area contributed by atoms with Crippen LogP contribution in [-0.4, -0.2) is 34.8 Å². The van der Waals surface area contributed by atoms with Gasteiger partial charge in [-0.25, -0.2) is 4.98 Å². The zero-order valence-electron chi connectivity index (χ0n) is 16.0. The van der Waals surface area contributed by atoms with E-state index in [0.29, 0.717) is 18.8 Å². The average Bonchev–Trinajstić information content (AvgIpc) is 2.64. The van der Waals surface area contributed by atoms with E-state index in [1.165, 1.54) is 0 Å². The van der Waals surface area contributed by atoms with Crippen LogP contribution in [0.3, 0.4) is 0 Å². The first-order valence-electron chi connectivity index (χ1n) is 9.11. The number of carbonyl (C=O) groups excluding carboxylic acids is 2. The van der Waals surface area contributed by atoms with Gasteiger partial charge in [-0.05, 0) is 56.0 Å². The molecule has 1 aromatic carbocycles. The van der Waals surface area contributed by atoms with Crippen LogP contribution >= 0.6 is 0 Å². The summed E-state index contributed by atoms with van der Waals surface area (Å²) in [6.07, 6.45) is 1.77. The molecule has 1 heterocycles. The van der Waals surface area contributed by atoms with Crippen molar-refractivity contribution < 1.29 is 9.59 Å². The second-order valence-electron chi connectivity index (χ2n) is 6.47. The van der Waals surface area contributed by atoms with Crippen molar-refractivity contribution in [3.63, 3.8) is 0 Å². The third-order valence-electron chi connectivity index (χ3n) is 4.12. The fourth-order valence-electron chi connectivity index (χ4n) is 2.75. The van der Waals surface area contributed by atoms with E-state index in [1.807, 2.05) is 45.9 Å². The molecule has 0 saturated carbocycles. The lowest BCUT2D eigenvalue weighted by Gasteiger charge is -2.21. The van der Waals surface area contributed by atoms with Crippen LogP contribution < -0.4 is 5.32 Å². The van der Waals surface area contributed by atoms with Crippen LogP contribution in [0.1, 0.15) is 58.8 Å². The Balaban J connectivity index is 2.21. The molecule has 138 valence electrons. The van der Waals surface area contributed by atoms with Gasteiger partial charge in [0.15, 0.2) is 0 Å². The van der Waals surface area contributed by atoms with Crippen LogP contribution in [0.4, 0.5) is 5.69 Å². The molecule has 1 N–H and O–H groups in total. The molecule has 2 rings (SSSR count). The Morgan fingerprint density at radius 2 is 1.65 bits per heavy atom. The van der Waals surface area contributed by atoms with Gasteiger partial charge in [-0.1, -0.05) is 32.0 Å². The van der Waals surface area contributed by atoms with E-state index >= 15 is 0 Å². The Kier molecular flexibility index (Phi) is 6.89. The molecule has 0 unspecified atom stereocenters. The third-order valence-corrected chi connectivity index (χ3v) is 4.12. The summed E-state index contributed by atoms with van der Waals surface area (Å²) < 4.78 is 0. The van der Waals surface area contributed by atoms with Crippen molar-refractivity contribution in [2.75, 3.05) is 18.4 Å². The van der Waals surface area contributed by atoms with Gasteiger partial charge in [-0.2, -0.15) is 0 Å². The van der Waals surface area contributed by atoms with Gasteiger partial charge in [-0.15, -0.1) is 0 Å². The highest BCUT2D eigenvalue weighted by Crippen LogP contribution is 2.17. The van der Waals surface area contributed by atoms with E-state index in [1.54, 1.807) is 23.1 Å². The number of rotatable bonds is 7. The molecule has 0 saturated heterocycles. The van der Waals surface area contributed by atoms with E-state index in [-0.39, 0.29) is 17.5 Å². The highest BCUT2D eigenvalue weighted by Gasteiger charge is 2.18.